The van der Waals surface area contributed by atoms with Gasteiger partial charge >= 0.3 is 6.36 Å². The van der Waals surface area contributed by atoms with Gasteiger partial charge in [-0.05, 0) is 42.3 Å². The van der Waals surface area contributed by atoms with Crippen LogP contribution in [0.4, 0.5) is 18.9 Å². The molecule has 2 aromatic rings. The number of methoxy groups -OCH3 is 1. The van der Waals surface area contributed by atoms with Crippen molar-refractivity contribution in [3.05, 3.63) is 59.7 Å². The highest BCUT2D eigenvalue weighted by Crippen LogP contribution is 2.26. The van der Waals surface area contributed by atoms with Gasteiger partial charge < -0.3 is 14.8 Å². The molecule has 124 valence electrons. The van der Waals surface area contributed by atoms with E-state index in [4.69, 9.17) is 4.74 Å². The fraction of sp³-hybridized carbons (Fsp3) is 0.294. The molecule has 3 nitrogen and oxygen atoms in total. The lowest BCUT2D eigenvalue weighted by Gasteiger charge is -2.17. The van der Waals surface area contributed by atoms with Crippen molar-refractivity contribution in [1.29, 1.82) is 0 Å². The average molecular weight is 325 g/mol. The summed E-state index contributed by atoms with van der Waals surface area (Å²) in [4.78, 5) is 0. The average Bonchev–Trinajstić information content (AvgIpc) is 2.47. The maximum absolute atomic E-state index is 12.1. The van der Waals surface area contributed by atoms with Gasteiger partial charge in [0, 0.05) is 18.8 Å². The molecule has 2 aromatic carbocycles. The van der Waals surface area contributed by atoms with E-state index in [0.29, 0.717) is 6.61 Å². The smallest absolute Gasteiger partial charge is 0.406 e. The van der Waals surface area contributed by atoms with Crippen LogP contribution < -0.4 is 10.1 Å². The topological polar surface area (TPSA) is 30.5 Å². The number of hydrogen-bond donors (Lipinski definition) is 1. The van der Waals surface area contributed by atoms with E-state index >= 15 is 0 Å². The highest BCUT2D eigenvalue weighted by molar-refractivity contribution is 5.47. The van der Waals surface area contributed by atoms with E-state index in [1.807, 2.05) is 31.2 Å². The molecule has 0 aliphatic carbocycles. The molecule has 1 N–H and O–H groups in total. The summed E-state index contributed by atoms with van der Waals surface area (Å²) in [5.74, 6) is -0.226. The van der Waals surface area contributed by atoms with Gasteiger partial charge in [0.1, 0.15) is 5.75 Å². The monoisotopic (exact) mass is 325 g/mol. The second-order valence-corrected chi connectivity index (χ2v) is 5.12. The normalized spacial score (nSPS) is 12.7. The molecule has 0 saturated heterocycles. The zero-order valence-electron chi connectivity index (χ0n) is 12.9. The number of halogens is 3. The molecule has 0 amide bonds. The Labute approximate surface area is 133 Å². The minimum atomic E-state index is -4.67. The van der Waals surface area contributed by atoms with Gasteiger partial charge in [-0.3, -0.25) is 0 Å². The maximum Gasteiger partial charge on any atom is 0.573 e. The largest absolute Gasteiger partial charge is 0.573 e. The Bertz CT molecular complexity index is 626. The fourth-order valence-electron chi connectivity index (χ4n) is 2.21. The summed E-state index contributed by atoms with van der Waals surface area (Å²) in [7, 11) is 1.63. The lowest BCUT2D eigenvalue weighted by atomic mass is 10.1. The van der Waals surface area contributed by atoms with Crippen LogP contribution in [-0.4, -0.2) is 13.5 Å². The lowest BCUT2D eigenvalue weighted by molar-refractivity contribution is -0.274. The van der Waals surface area contributed by atoms with E-state index < -0.39 is 6.36 Å². The van der Waals surface area contributed by atoms with Crippen molar-refractivity contribution in [3.63, 3.8) is 0 Å². The highest BCUT2D eigenvalue weighted by Gasteiger charge is 2.30. The molecule has 1 unspecified atom stereocenters. The summed E-state index contributed by atoms with van der Waals surface area (Å²) in [5, 5.41) is 3.31. The number of rotatable bonds is 6. The SMILES string of the molecule is COCc1cccc(NC(C)c2ccc(OC(F)(F)F)cc2)c1. The van der Waals surface area contributed by atoms with Crippen LogP contribution in [0.1, 0.15) is 24.1 Å². The first kappa shape index (κ1) is 17.1. The molecule has 0 radical (unpaired) electrons. The Balaban J connectivity index is 2.03. The Hall–Kier alpha value is -2.21. The van der Waals surface area contributed by atoms with E-state index in [1.165, 1.54) is 12.1 Å². The summed E-state index contributed by atoms with van der Waals surface area (Å²) >= 11 is 0. The minimum Gasteiger partial charge on any atom is -0.406 e. The zero-order valence-corrected chi connectivity index (χ0v) is 12.9. The summed E-state index contributed by atoms with van der Waals surface area (Å²) in [6, 6.07) is 13.6. The highest BCUT2D eigenvalue weighted by atomic mass is 19.4. The molecule has 0 fully saturated rings. The first-order chi connectivity index (χ1) is 10.9. The first-order valence-corrected chi connectivity index (χ1v) is 7.07. The van der Waals surface area contributed by atoms with Gasteiger partial charge in [0.05, 0.1) is 6.61 Å². The van der Waals surface area contributed by atoms with Gasteiger partial charge in [-0.1, -0.05) is 24.3 Å². The van der Waals surface area contributed by atoms with Crippen molar-refractivity contribution >= 4 is 5.69 Å². The van der Waals surface area contributed by atoms with Crippen LogP contribution >= 0.6 is 0 Å². The number of alkyl halides is 3. The van der Waals surface area contributed by atoms with Crippen molar-refractivity contribution in [2.24, 2.45) is 0 Å². The quantitative estimate of drug-likeness (QED) is 0.819. The maximum atomic E-state index is 12.1. The van der Waals surface area contributed by atoms with Crippen LogP contribution in [0.3, 0.4) is 0 Å². The van der Waals surface area contributed by atoms with E-state index in [-0.39, 0.29) is 11.8 Å². The molecule has 0 spiro atoms. The molecule has 0 aliphatic heterocycles. The van der Waals surface area contributed by atoms with Crippen molar-refractivity contribution in [2.75, 3.05) is 12.4 Å². The second kappa shape index (κ2) is 7.37. The molecular weight excluding hydrogens is 307 g/mol. The summed E-state index contributed by atoms with van der Waals surface area (Å²) < 4.78 is 45.4. The van der Waals surface area contributed by atoms with Crippen LogP contribution in [0.25, 0.3) is 0 Å². The third-order valence-electron chi connectivity index (χ3n) is 3.23. The molecule has 0 saturated carbocycles. The Morgan fingerprint density at radius 1 is 1.09 bits per heavy atom. The van der Waals surface area contributed by atoms with Gasteiger partial charge in [-0.25, -0.2) is 0 Å². The van der Waals surface area contributed by atoms with E-state index in [2.05, 4.69) is 10.1 Å². The number of hydrogen-bond acceptors (Lipinski definition) is 3. The van der Waals surface area contributed by atoms with Gasteiger partial charge in [-0.2, -0.15) is 0 Å². The third kappa shape index (κ3) is 5.49. The van der Waals surface area contributed by atoms with Crippen LogP contribution in [0, 0.1) is 0 Å². The van der Waals surface area contributed by atoms with Crippen molar-refractivity contribution in [1.82, 2.24) is 0 Å². The number of ether oxygens (including phenoxy) is 2. The second-order valence-electron chi connectivity index (χ2n) is 5.12. The van der Waals surface area contributed by atoms with E-state index in [1.54, 1.807) is 19.2 Å². The number of benzene rings is 2. The number of nitrogens with one attached hydrogen (secondary N) is 1. The van der Waals surface area contributed by atoms with Gasteiger partial charge in [0.25, 0.3) is 0 Å². The van der Waals surface area contributed by atoms with Gasteiger partial charge in [-0.15, -0.1) is 13.2 Å². The fourth-order valence-corrected chi connectivity index (χ4v) is 2.21. The van der Waals surface area contributed by atoms with Crippen molar-refractivity contribution in [2.45, 2.75) is 25.9 Å². The molecule has 0 aliphatic rings. The lowest BCUT2D eigenvalue weighted by Crippen LogP contribution is -2.17. The standard InChI is InChI=1S/C17H18F3NO2/c1-12(21-15-5-3-4-13(10-15)11-22-2)14-6-8-16(9-7-14)23-17(18,19)20/h3-10,12,21H,11H2,1-2H3. The van der Waals surface area contributed by atoms with Gasteiger partial charge in [0.2, 0.25) is 0 Å². The molecule has 0 heterocycles. The number of anilines is 1. The zero-order chi connectivity index (χ0) is 16.9. The van der Waals surface area contributed by atoms with Crippen LogP contribution in [0.5, 0.6) is 5.75 Å². The molecular formula is C17H18F3NO2. The molecule has 1 atom stereocenters. The van der Waals surface area contributed by atoms with Crippen molar-refractivity contribution < 1.29 is 22.6 Å². The Kier molecular flexibility index (Phi) is 5.50. The van der Waals surface area contributed by atoms with Crippen LogP contribution in [-0.2, 0) is 11.3 Å². The third-order valence-corrected chi connectivity index (χ3v) is 3.23. The molecule has 23 heavy (non-hydrogen) atoms. The predicted octanol–water partition coefficient (Wildman–Crippen LogP) is 4.90. The van der Waals surface area contributed by atoms with E-state index in [9.17, 15) is 13.2 Å². The predicted molar refractivity (Wildman–Crippen MR) is 82.3 cm³/mol. The summed E-state index contributed by atoms with van der Waals surface area (Å²) in [5.41, 5.74) is 2.82. The van der Waals surface area contributed by atoms with Crippen molar-refractivity contribution in [3.8, 4) is 5.75 Å². The van der Waals surface area contributed by atoms with Crippen LogP contribution in [0.2, 0.25) is 0 Å². The Morgan fingerprint density at radius 3 is 2.39 bits per heavy atom. The first-order valence-electron chi connectivity index (χ1n) is 7.07. The molecule has 6 heteroatoms. The van der Waals surface area contributed by atoms with Gasteiger partial charge in [0.15, 0.2) is 0 Å². The minimum absolute atomic E-state index is 0.0623. The van der Waals surface area contributed by atoms with Crippen LogP contribution in [0.15, 0.2) is 48.5 Å². The Morgan fingerprint density at radius 2 is 1.78 bits per heavy atom. The van der Waals surface area contributed by atoms with E-state index in [0.717, 1.165) is 16.8 Å². The summed E-state index contributed by atoms with van der Waals surface area (Å²) in [6.45, 7) is 2.45. The molecule has 0 aromatic heterocycles. The molecule has 0 bridgehead atoms. The summed E-state index contributed by atoms with van der Waals surface area (Å²) in [6.07, 6.45) is -4.67. The molecule has 2 rings (SSSR count).